The Labute approximate surface area is 119 Å². The van der Waals surface area contributed by atoms with Crippen LogP contribution >= 0.6 is 0 Å². The highest BCUT2D eigenvalue weighted by Gasteiger charge is 2.15. The van der Waals surface area contributed by atoms with Gasteiger partial charge in [-0.1, -0.05) is 6.92 Å². The van der Waals surface area contributed by atoms with Gasteiger partial charge in [0.05, 0.1) is 18.3 Å². The molecule has 0 saturated carbocycles. The highest BCUT2D eigenvalue weighted by molar-refractivity contribution is 5.81. The first-order chi connectivity index (χ1) is 9.51. The van der Waals surface area contributed by atoms with Gasteiger partial charge in [-0.05, 0) is 20.3 Å². The van der Waals surface area contributed by atoms with Crippen molar-refractivity contribution >= 4 is 5.91 Å². The first-order valence-electron chi connectivity index (χ1n) is 6.79. The Balaban J connectivity index is 2.70. The van der Waals surface area contributed by atoms with E-state index >= 15 is 0 Å². The number of aryl methyl sites for hydroxylation is 1. The van der Waals surface area contributed by atoms with Gasteiger partial charge in [0.1, 0.15) is 5.75 Å². The lowest BCUT2D eigenvalue weighted by atomic mass is 10.1. The number of carbonyl (C=O) groups is 1. The molecule has 0 saturated heterocycles. The molecule has 1 amide bonds. The molecule has 0 aliphatic carbocycles. The predicted octanol–water partition coefficient (Wildman–Crippen LogP) is 0.592. The van der Waals surface area contributed by atoms with Gasteiger partial charge in [-0.2, -0.15) is 0 Å². The fraction of sp³-hybridized carbons (Fsp3) is 0.571. The van der Waals surface area contributed by atoms with Crippen LogP contribution in [0, 0.1) is 6.92 Å². The van der Waals surface area contributed by atoms with Crippen LogP contribution in [0.1, 0.15) is 37.1 Å². The Hall–Kier alpha value is -1.66. The Bertz CT molecular complexity index is 463. The van der Waals surface area contributed by atoms with Crippen molar-refractivity contribution in [2.45, 2.75) is 46.4 Å². The monoisotopic (exact) mass is 281 g/mol. The first kappa shape index (κ1) is 16.4. The van der Waals surface area contributed by atoms with Gasteiger partial charge in [0, 0.05) is 30.4 Å². The van der Waals surface area contributed by atoms with E-state index < -0.39 is 0 Å². The number of rotatable bonds is 7. The van der Waals surface area contributed by atoms with Crippen LogP contribution in [-0.4, -0.2) is 33.7 Å². The second kappa shape index (κ2) is 7.81. The molecule has 0 aromatic carbocycles. The van der Waals surface area contributed by atoms with E-state index in [9.17, 15) is 15.0 Å². The molecule has 0 bridgehead atoms. The number of aliphatic hydroxyl groups excluding tert-OH is 1. The largest absolute Gasteiger partial charge is 0.506 e. The van der Waals surface area contributed by atoms with Gasteiger partial charge < -0.3 is 20.8 Å². The van der Waals surface area contributed by atoms with Gasteiger partial charge in [0.25, 0.3) is 0 Å². The summed E-state index contributed by atoms with van der Waals surface area (Å²) in [6, 6.07) is -0.374. The van der Waals surface area contributed by atoms with Crippen LogP contribution in [0.2, 0.25) is 0 Å². The number of aromatic hydroxyl groups is 1. The fourth-order valence-corrected chi connectivity index (χ4v) is 1.77. The van der Waals surface area contributed by atoms with Gasteiger partial charge in [0.15, 0.2) is 0 Å². The van der Waals surface area contributed by atoms with Crippen molar-refractivity contribution in [3.05, 3.63) is 23.0 Å². The average molecular weight is 281 g/mol. The minimum Gasteiger partial charge on any atom is -0.506 e. The number of hydrogen-bond acceptors (Lipinski definition) is 5. The molecule has 112 valence electrons. The smallest absolute Gasteiger partial charge is 0.236 e. The summed E-state index contributed by atoms with van der Waals surface area (Å²) in [5.74, 6) is -0.0205. The van der Waals surface area contributed by atoms with Crippen LogP contribution in [0.5, 0.6) is 5.75 Å². The van der Waals surface area contributed by atoms with Gasteiger partial charge in [-0.3, -0.25) is 9.78 Å². The van der Waals surface area contributed by atoms with Crippen molar-refractivity contribution in [1.29, 1.82) is 0 Å². The first-order valence-corrected chi connectivity index (χ1v) is 6.79. The second-order valence-electron chi connectivity index (χ2n) is 4.75. The third-order valence-corrected chi connectivity index (χ3v) is 3.13. The number of carbonyl (C=O) groups excluding carboxylic acids is 1. The molecule has 6 heteroatoms. The Morgan fingerprint density at radius 1 is 1.50 bits per heavy atom. The van der Waals surface area contributed by atoms with Gasteiger partial charge in [-0.25, -0.2) is 0 Å². The van der Waals surface area contributed by atoms with Crippen LogP contribution in [0.4, 0.5) is 0 Å². The van der Waals surface area contributed by atoms with E-state index in [1.807, 2.05) is 6.92 Å². The SMILES string of the molecule is CCCNC(=O)C(C)NCc1c(CO)cnc(C)c1O. The summed E-state index contributed by atoms with van der Waals surface area (Å²) in [6.45, 7) is 6.18. The lowest BCUT2D eigenvalue weighted by Gasteiger charge is -2.16. The van der Waals surface area contributed by atoms with Gasteiger partial charge in [0.2, 0.25) is 5.91 Å². The topological polar surface area (TPSA) is 94.5 Å². The lowest BCUT2D eigenvalue weighted by molar-refractivity contribution is -0.122. The Kier molecular flexibility index (Phi) is 6.41. The average Bonchev–Trinajstić information content (AvgIpc) is 2.45. The number of aromatic nitrogens is 1. The zero-order valence-electron chi connectivity index (χ0n) is 12.2. The highest BCUT2D eigenvalue weighted by Crippen LogP contribution is 2.23. The second-order valence-corrected chi connectivity index (χ2v) is 4.75. The van der Waals surface area contributed by atoms with Crippen LogP contribution in [0.25, 0.3) is 0 Å². The maximum absolute atomic E-state index is 11.7. The molecular weight excluding hydrogens is 258 g/mol. The molecule has 1 aromatic heterocycles. The minimum absolute atomic E-state index is 0.0604. The summed E-state index contributed by atoms with van der Waals surface area (Å²) in [4.78, 5) is 15.7. The number of amides is 1. The van der Waals surface area contributed by atoms with Gasteiger partial charge >= 0.3 is 0 Å². The van der Waals surface area contributed by atoms with E-state index in [0.29, 0.717) is 29.9 Å². The fourth-order valence-electron chi connectivity index (χ4n) is 1.77. The van der Waals surface area contributed by atoms with Crippen LogP contribution < -0.4 is 10.6 Å². The van der Waals surface area contributed by atoms with E-state index in [-0.39, 0.29) is 24.3 Å². The van der Waals surface area contributed by atoms with E-state index in [1.54, 1.807) is 13.8 Å². The molecule has 0 spiro atoms. The molecular formula is C14H23N3O3. The quantitative estimate of drug-likeness (QED) is 0.587. The maximum atomic E-state index is 11.7. The summed E-state index contributed by atoms with van der Waals surface area (Å²) in [5, 5.41) is 25.1. The Morgan fingerprint density at radius 2 is 2.20 bits per heavy atom. The molecule has 0 radical (unpaired) electrons. The molecule has 1 unspecified atom stereocenters. The van der Waals surface area contributed by atoms with E-state index in [0.717, 1.165) is 6.42 Å². The molecule has 4 N–H and O–H groups in total. The zero-order valence-corrected chi connectivity index (χ0v) is 12.2. The number of hydrogen-bond donors (Lipinski definition) is 4. The number of pyridine rings is 1. The predicted molar refractivity (Wildman–Crippen MR) is 76.2 cm³/mol. The van der Waals surface area contributed by atoms with Crippen molar-refractivity contribution in [2.75, 3.05) is 6.54 Å². The van der Waals surface area contributed by atoms with Crippen LogP contribution in [0.15, 0.2) is 6.20 Å². The summed E-state index contributed by atoms with van der Waals surface area (Å²) >= 11 is 0. The molecule has 0 aliphatic heterocycles. The number of nitrogens with zero attached hydrogens (tertiary/aromatic N) is 1. The molecule has 6 nitrogen and oxygen atoms in total. The maximum Gasteiger partial charge on any atom is 0.236 e. The molecule has 0 aliphatic rings. The third-order valence-electron chi connectivity index (χ3n) is 3.13. The van der Waals surface area contributed by atoms with E-state index in [1.165, 1.54) is 6.20 Å². The van der Waals surface area contributed by atoms with Crippen molar-refractivity contribution in [1.82, 2.24) is 15.6 Å². The highest BCUT2D eigenvalue weighted by atomic mass is 16.3. The van der Waals surface area contributed by atoms with Crippen molar-refractivity contribution in [2.24, 2.45) is 0 Å². The molecule has 1 rings (SSSR count). The Morgan fingerprint density at radius 3 is 2.80 bits per heavy atom. The molecule has 0 fully saturated rings. The number of aliphatic hydroxyl groups is 1. The molecule has 20 heavy (non-hydrogen) atoms. The van der Waals surface area contributed by atoms with Crippen molar-refractivity contribution < 1.29 is 15.0 Å². The molecule has 1 heterocycles. The molecule has 1 aromatic rings. The lowest BCUT2D eigenvalue weighted by Crippen LogP contribution is -2.42. The summed E-state index contributed by atoms with van der Waals surface area (Å²) in [7, 11) is 0. The van der Waals surface area contributed by atoms with E-state index in [2.05, 4.69) is 15.6 Å². The normalized spacial score (nSPS) is 12.2. The van der Waals surface area contributed by atoms with E-state index in [4.69, 9.17) is 0 Å². The standard InChI is InChI=1S/C14H23N3O3/c1-4-5-15-14(20)10(3)17-7-12-11(8-18)6-16-9(2)13(12)19/h6,10,17-19H,4-5,7-8H2,1-3H3,(H,15,20). The molecule has 1 atom stereocenters. The minimum atomic E-state index is -0.374. The summed E-state index contributed by atoms with van der Waals surface area (Å²) in [5.41, 5.74) is 1.64. The third kappa shape index (κ3) is 4.18. The van der Waals surface area contributed by atoms with Crippen LogP contribution in [0.3, 0.4) is 0 Å². The van der Waals surface area contributed by atoms with Crippen LogP contribution in [-0.2, 0) is 17.9 Å². The number of nitrogens with one attached hydrogen (secondary N) is 2. The summed E-state index contributed by atoms with van der Waals surface area (Å²) < 4.78 is 0. The summed E-state index contributed by atoms with van der Waals surface area (Å²) in [6.07, 6.45) is 2.42. The van der Waals surface area contributed by atoms with Crippen molar-refractivity contribution in [3.63, 3.8) is 0 Å². The van der Waals surface area contributed by atoms with Crippen molar-refractivity contribution in [3.8, 4) is 5.75 Å². The van der Waals surface area contributed by atoms with Gasteiger partial charge in [-0.15, -0.1) is 0 Å². The zero-order chi connectivity index (χ0) is 15.1.